The lowest BCUT2D eigenvalue weighted by Crippen LogP contribution is -2.34. The van der Waals surface area contributed by atoms with Gasteiger partial charge in [0.05, 0.1) is 0 Å². The van der Waals surface area contributed by atoms with Gasteiger partial charge in [-0.1, -0.05) is 6.92 Å². The summed E-state index contributed by atoms with van der Waals surface area (Å²) < 4.78 is 69.7. The minimum absolute atomic E-state index is 0.245. The van der Waals surface area contributed by atoms with E-state index in [1.165, 1.54) is 0 Å². The van der Waals surface area contributed by atoms with Crippen LogP contribution in [0.25, 0.3) is 0 Å². The van der Waals surface area contributed by atoms with E-state index in [9.17, 15) is 40.7 Å². The van der Waals surface area contributed by atoms with Crippen LogP contribution in [0.15, 0.2) is 0 Å². The molecule has 0 radical (unpaired) electrons. The lowest BCUT2D eigenvalue weighted by molar-refractivity contribution is -0.221. The lowest BCUT2D eigenvalue weighted by atomic mass is 10.5. The van der Waals surface area contributed by atoms with Crippen LogP contribution < -0.4 is 5.73 Å². The number of alkyl halides is 6. The summed E-state index contributed by atoms with van der Waals surface area (Å²) in [5, 5.41) is 0. The molecule has 0 aromatic rings. The number of carbonyl (C=O) groups is 3. The highest BCUT2D eigenvalue weighted by Crippen LogP contribution is 2.21. The number of primary amides is 1. The molecule has 0 aliphatic rings. The van der Waals surface area contributed by atoms with E-state index in [0.29, 0.717) is 6.42 Å². The monoisotopic (exact) mass is 283 g/mol. The van der Waals surface area contributed by atoms with Crippen molar-refractivity contribution in [3.63, 3.8) is 0 Å². The number of carbonyl (C=O) groups excluding carboxylic acids is 3. The van der Waals surface area contributed by atoms with Crippen LogP contribution in [-0.2, 0) is 19.1 Å². The predicted octanol–water partition coefficient (Wildman–Crippen LogP) is 1.06. The maximum absolute atomic E-state index is 11.2. The number of amides is 1. The molecule has 0 heterocycles. The Morgan fingerprint density at radius 1 is 0.944 bits per heavy atom. The minimum atomic E-state index is -5.62. The Bertz CT molecular complexity index is 297. The van der Waals surface area contributed by atoms with Gasteiger partial charge in [-0.25, -0.2) is 9.59 Å². The molecular weight excluding hydrogens is 276 g/mol. The van der Waals surface area contributed by atoms with E-state index in [-0.39, 0.29) is 5.91 Å². The number of rotatable bonds is 1. The molecule has 2 N–H and O–H groups in total. The maximum Gasteiger partial charge on any atom is 0.491 e. The van der Waals surface area contributed by atoms with Gasteiger partial charge in [0.25, 0.3) is 0 Å². The van der Waals surface area contributed by atoms with Gasteiger partial charge in [0.15, 0.2) is 0 Å². The average molecular weight is 283 g/mol. The molecule has 0 saturated carbocycles. The highest BCUT2D eigenvalue weighted by Gasteiger charge is 2.49. The van der Waals surface area contributed by atoms with Gasteiger partial charge in [-0.2, -0.15) is 26.3 Å². The van der Waals surface area contributed by atoms with E-state index in [1.54, 1.807) is 6.92 Å². The van der Waals surface area contributed by atoms with Crippen LogP contribution in [0, 0.1) is 0 Å². The predicted molar refractivity (Wildman–Crippen MR) is 42.7 cm³/mol. The van der Waals surface area contributed by atoms with Gasteiger partial charge in [0.2, 0.25) is 5.91 Å². The van der Waals surface area contributed by atoms with Crippen molar-refractivity contribution < 1.29 is 45.5 Å². The number of esters is 2. The first kappa shape index (κ1) is 18.6. The van der Waals surface area contributed by atoms with Crippen molar-refractivity contribution in [3.05, 3.63) is 0 Å². The number of hydrogen-bond donors (Lipinski definition) is 1. The smallest absolute Gasteiger partial charge is 0.380 e. The van der Waals surface area contributed by atoms with E-state index in [4.69, 9.17) is 0 Å². The van der Waals surface area contributed by atoms with Gasteiger partial charge in [-0.05, 0) is 0 Å². The summed E-state index contributed by atoms with van der Waals surface area (Å²) in [6.45, 7) is 1.72. The Balaban J connectivity index is 0. The molecule has 0 aliphatic heterocycles. The molecule has 1 amide bonds. The third-order valence-electron chi connectivity index (χ3n) is 0.997. The molecule has 0 fully saturated rings. The van der Waals surface area contributed by atoms with E-state index >= 15 is 0 Å². The Hall–Kier alpha value is -1.81. The zero-order valence-corrected chi connectivity index (χ0v) is 8.69. The minimum Gasteiger partial charge on any atom is -0.380 e. The number of hydrogen-bond acceptors (Lipinski definition) is 4. The van der Waals surface area contributed by atoms with Crippen molar-refractivity contribution in [3.8, 4) is 0 Å². The van der Waals surface area contributed by atoms with Gasteiger partial charge < -0.3 is 10.5 Å². The molecule has 0 bridgehead atoms. The summed E-state index contributed by atoms with van der Waals surface area (Å²) in [7, 11) is 0. The van der Waals surface area contributed by atoms with Crippen LogP contribution in [0.4, 0.5) is 26.3 Å². The standard InChI is InChI=1S/C4F6O3.C3H7NO/c5-3(6,7)1(11)13-2(12)4(8,9)10;1-2-3(4)5/h;2H2,1H3,(H2,4,5). The summed E-state index contributed by atoms with van der Waals surface area (Å²) in [5.74, 6) is -6.64. The molecule has 0 aromatic heterocycles. The van der Waals surface area contributed by atoms with E-state index < -0.39 is 24.3 Å². The van der Waals surface area contributed by atoms with Crippen molar-refractivity contribution >= 4 is 17.8 Å². The third-order valence-corrected chi connectivity index (χ3v) is 0.997. The molecule has 0 unspecified atom stereocenters. The van der Waals surface area contributed by atoms with Crippen molar-refractivity contribution in [1.82, 2.24) is 0 Å². The first-order valence-electron chi connectivity index (χ1n) is 4.00. The molecular formula is C7H7F6NO4. The Morgan fingerprint density at radius 2 is 1.17 bits per heavy atom. The first-order valence-corrected chi connectivity index (χ1v) is 4.00. The summed E-state index contributed by atoms with van der Waals surface area (Å²) in [4.78, 5) is 28.9. The van der Waals surface area contributed by atoms with Crippen molar-refractivity contribution in [2.75, 3.05) is 0 Å². The third kappa shape index (κ3) is 9.42. The zero-order valence-electron chi connectivity index (χ0n) is 8.69. The molecule has 106 valence electrons. The van der Waals surface area contributed by atoms with Gasteiger partial charge >= 0.3 is 24.3 Å². The molecule has 11 heteroatoms. The normalized spacial score (nSPS) is 11.1. The van der Waals surface area contributed by atoms with Crippen LogP contribution in [0.3, 0.4) is 0 Å². The lowest BCUT2D eigenvalue weighted by Gasteiger charge is -2.06. The highest BCUT2D eigenvalue weighted by atomic mass is 19.4. The molecule has 0 atom stereocenters. The zero-order chi connectivity index (χ0) is 15.1. The fraction of sp³-hybridized carbons (Fsp3) is 0.571. The summed E-state index contributed by atoms with van der Waals surface area (Å²) >= 11 is 0. The highest BCUT2D eigenvalue weighted by molar-refractivity contribution is 5.90. The van der Waals surface area contributed by atoms with E-state index in [1.807, 2.05) is 0 Å². The second-order valence-corrected chi connectivity index (χ2v) is 2.49. The molecule has 0 rings (SSSR count). The quantitative estimate of drug-likeness (QED) is 0.443. The van der Waals surface area contributed by atoms with Gasteiger partial charge in [0, 0.05) is 6.42 Å². The fourth-order valence-electron chi connectivity index (χ4n) is 0.200. The Morgan fingerprint density at radius 3 is 1.28 bits per heavy atom. The molecule has 0 saturated heterocycles. The van der Waals surface area contributed by atoms with Crippen LogP contribution in [0.5, 0.6) is 0 Å². The largest absolute Gasteiger partial charge is 0.491 e. The van der Waals surface area contributed by atoms with Crippen LogP contribution in [-0.4, -0.2) is 30.2 Å². The molecule has 0 aromatic carbocycles. The molecule has 0 spiro atoms. The first-order chi connectivity index (χ1) is 7.82. The van der Waals surface area contributed by atoms with Crippen LogP contribution >= 0.6 is 0 Å². The second kappa shape index (κ2) is 6.81. The maximum atomic E-state index is 11.2. The van der Waals surface area contributed by atoms with Gasteiger partial charge in [0.1, 0.15) is 0 Å². The van der Waals surface area contributed by atoms with Gasteiger partial charge in [-0.15, -0.1) is 0 Å². The van der Waals surface area contributed by atoms with Crippen LogP contribution in [0.2, 0.25) is 0 Å². The van der Waals surface area contributed by atoms with Crippen LogP contribution in [0.1, 0.15) is 13.3 Å². The Labute approximate surface area is 95.9 Å². The Kier molecular flexibility index (Phi) is 7.02. The van der Waals surface area contributed by atoms with Crippen molar-refractivity contribution in [1.29, 1.82) is 0 Å². The molecule has 0 aliphatic carbocycles. The number of nitrogens with two attached hydrogens (primary N) is 1. The summed E-state index contributed by atoms with van der Waals surface area (Å²) in [5.41, 5.74) is 4.65. The average Bonchev–Trinajstić information content (AvgIpc) is 2.15. The molecule has 18 heavy (non-hydrogen) atoms. The van der Waals surface area contributed by atoms with Crippen molar-refractivity contribution in [2.24, 2.45) is 5.73 Å². The second-order valence-electron chi connectivity index (χ2n) is 2.49. The van der Waals surface area contributed by atoms with E-state index in [0.717, 1.165) is 0 Å². The number of ether oxygens (including phenoxy) is 1. The summed E-state index contributed by atoms with van der Waals surface area (Å²) in [6.07, 6.45) is -10.8. The number of halogens is 6. The van der Waals surface area contributed by atoms with Gasteiger partial charge in [-0.3, -0.25) is 4.79 Å². The summed E-state index contributed by atoms with van der Waals surface area (Å²) in [6, 6.07) is 0. The topological polar surface area (TPSA) is 86.5 Å². The SMILES string of the molecule is CCC(N)=O.O=C(OC(=O)C(F)(F)F)C(F)(F)F. The van der Waals surface area contributed by atoms with E-state index in [2.05, 4.69) is 10.5 Å². The fourth-order valence-corrected chi connectivity index (χ4v) is 0.200. The van der Waals surface area contributed by atoms with Crippen molar-refractivity contribution in [2.45, 2.75) is 25.7 Å². The molecule has 5 nitrogen and oxygen atoms in total.